The Morgan fingerprint density at radius 2 is 1.56 bits per heavy atom. The molecule has 25 heavy (non-hydrogen) atoms. The summed E-state index contributed by atoms with van der Waals surface area (Å²) in [6.45, 7) is 5.87. The van der Waals surface area contributed by atoms with Crippen LogP contribution in [0.15, 0.2) is 36.4 Å². The molecule has 1 saturated carbocycles. The zero-order valence-corrected chi connectivity index (χ0v) is 14.6. The molecular weight excluding hydrogens is 319 g/mol. The van der Waals surface area contributed by atoms with E-state index in [4.69, 9.17) is 0 Å². The zero-order chi connectivity index (χ0) is 18.2. The van der Waals surface area contributed by atoms with Gasteiger partial charge in [-0.05, 0) is 62.9 Å². The summed E-state index contributed by atoms with van der Waals surface area (Å²) in [6, 6.07) is 9.65. The number of carbonyl (C=O) groups excluding carboxylic acids is 2. The van der Waals surface area contributed by atoms with E-state index in [1.54, 1.807) is 6.07 Å². The van der Waals surface area contributed by atoms with Gasteiger partial charge in [-0.25, -0.2) is 4.39 Å². The highest BCUT2D eigenvalue weighted by Gasteiger charge is 2.56. The van der Waals surface area contributed by atoms with Crippen molar-refractivity contribution in [2.75, 3.05) is 10.6 Å². The summed E-state index contributed by atoms with van der Waals surface area (Å²) in [4.78, 5) is 25.3. The molecule has 4 nitrogen and oxygen atoms in total. The minimum Gasteiger partial charge on any atom is -0.325 e. The van der Waals surface area contributed by atoms with Gasteiger partial charge in [-0.1, -0.05) is 23.8 Å². The molecule has 0 atom stereocenters. The Morgan fingerprint density at radius 3 is 2.12 bits per heavy atom. The molecule has 0 radical (unpaired) electrons. The number of benzene rings is 2. The molecule has 0 heterocycles. The van der Waals surface area contributed by atoms with E-state index in [1.807, 2.05) is 32.9 Å². The lowest BCUT2D eigenvalue weighted by Crippen LogP contribution is -2.36. The molecule has 0 aliphatic heterocycles. The Hall–Kier alpha value is -2.69. The van der Waals surface area contributed by atoms with E-state index in [1.165, 1.54) is 18.2 Å². The molecule has 2 aromatic rings. The predicted molar refractivity (Wildman–Crippen MR) is 96.0 cm³/mol. The number of aryl methyl sites for hydroxylation is 3. The van der Waals surface area contributed by atoms with Gasteiger partial charge in [0.25, 0.3) is 0 Å². The maximum Gasteiger partial charge on any atom is 0.240 e. The maximum atomic E-state index is 13.3. The Kier molecular flexibility index (Phi) is 4.33. The summed E-state index contributed by atoms with van der Waals surface area (Å²) in [7, 11) is 0. The van der Waals surface area contributed by atoms with Crippen LogP contribution in [0.25, 0.3) is 0 Å². The lowest BCUT2D eigenvalue weighted by molar-refractivity contribution is -0.131. The molecular formula is C20H21FN2O2. The van der Waals surface area contributed by atoms with Gasteiger partial charge in [-0.2, -0.15) is 0 Å². The third-order valence-electron chi connectivity index (χ3n) is 4.62. The minimum absolute atomic E-state index is 0.309. The first-order valence-corrected chi connectivity index (χ1v) is 8.28. The molecule has 2 N–H and O–H groups in total. The normalized spacial score (nSPS) is 14.7. The molecule has 0 unspecified atom stereocenters. The first-order valence-electron chi connectivity index (χ1n) is 8.28. The number of anilines is 2. The summed E-state index contributed by atoms with van der Waals surface area (Å²) in [5.41, 5.74) is 3.08. The van der Waals surface area contributed by atoms with Crippen molar-refractivity contribution in [3.63, 3.8) is 0 Å². The van der Waals surface area contributed by atoms with E-state index in [-0.39, 0.29) is 5.91 Å². The Morgan fingerprint density at radius 1 is 0.960 bits per heavy atom. The molecule has 130 valence electrons. The van der Waals surface area contributed by atoms with Crippen molar-refractivity contribution in [2.24, 2.45) is 5.41 Å². The van der Waals surface area contributed by atoms with E-state index in [0.29, 0.717) is 18.5 Å². The van der Waals surface area contributed by atoms with Crippen molar-refractivity contribution in [1.82, 2.24) is 0 Å². The molecule has 0 bridgehead atoms. The fraction of sp³-hybridized carbons (Fsp3) is 0.300. The van der Waals surface area contributed by atoms with Crippen LogP contribution in [0, 0.1) is 32.0 Å². The molecule has 0 spiro atoms. The third-order valence-corrected chi connectivity index (χ3v) is 4.62. The molecule has 3 rings (SSSR count). The lowest BCUT2D eigenvalue weighted by Gasteiger charge is -2.18. The molecule has 0 aromatic heterocycles. The number of hydrogen-bond acceptors (Lipinski definition) is 2. The highest BCUT2D eigenvalue weighted by molar-refractivity contribution is 6.17. The average molecular weight is 340 g/mol. The number of nitrogens with one attached hydrogen (secondary N) is 2. The van der Waals surface area contributed by atoms with Crippen LogP contribution in [-0.2, 0) is 9.59 Å². The number of amides is 2. The molecule has 5 heteroatoms. The van der Waals surface area contributed by atoms with Crippen LogP contribution in [0.5, 0.6) is 0 Å². The van der Waals surface area contributed by atoms with Gasteiger partial charge >= 0.3 is 0 Å². The largest absolute Gasteiger partial charge is 0.325 e. The third kappa shape index (κ3) is 3.40. The van der Waals surface area contributed by atoms with Crippen molar-refractivity contribution in [3.05, 3.63) is 58.9 Å². The van der Waals surface area contributed by atoms with Crippen LogP contribution >= 0.6 is 0 Å². The van der Waals surface area contributed by atoms with E-state index in [9.17, 15) is 14.0 Å². The SMILES string of the molecule is Cc1cc(C)c(NC(=O)C2(C(=O)Nc3cccc(F)c3)CC2)c(C)c1. The molecule has 1 aliphatic carbocycles. The van der Waals surface area contributed by atoms with Crippen LogP contribution in [0.1, 0.15) is 29.5 Å². The van der Waals surface area contributed by atoms with Gasteiger partial charge in [-0.3, -0.25) is 9.59 Å². The van der Waals surface area contributed by atoms with Crippen LogP contribution in [0.3, 0.4) is 0 Å². The highest BCUT2D eigenvalue weighted by Crippen LogP contribution is 2.47. The zero-order valence-electron chi connectivity index (χ0n) is 14.6. The maximum absolute atomic E-state index is 13.3. The molecule has 2 amide bonds. The molecule has 2 aromatic carbocycles. The smallest absolute Gasteiger partial charge is 0.240 e. The number of rotatable bonds is 4. The van der Waals surface area contributed by atoms with Gasteiger partial charge in [0.1, 0.15) is 11.2 Å². The predicted octanol–water partition coefficient (Wildman–Crippen LogP) is 4.11. The molecule has 0 saturated heterocycles. The van der Waals surface area contributed by atoms with E-state index >= 15 is 0 Å². The van der Waals surface area contributed by atoms with Gasteiger partial charge < -0.3 is 10.6 Å². The standard InChI is InChI=1S/C20H21FN2O2/c1-12-9-13(2)17(14(3)10-12)23-19(25)20(7-8-20)18(24)22-16-6-4-5-15(21)11-16/h4-6,9-11H,7-8H2,1-3H3,(H,22,24)(H,23,25). The molecule has 1 aliphatic rings. The van der Waals surface area contributed by atoms with Crippen molar-refractivity contribution < 1.29 is 14.0 Å². The Bertz CT molecular complexity index is 834. The summed E-state index contributed by atoms with van der Waals surface area (Å²) in [6.07, 6.45) is 0.980. The van der Waals surface area contributed by atoms with Crippen LogP contribution in [0.4, 0.5) is 15.8 Å². The first kappa shape index (κ1) is 17.1. The fourth-order valence-electron chi connectivity index (χ4n) is 3.11. The van der Waals surface area contributed by atoms with Crippen LogP contribution in [-0.4, -0.2) is 11.8 Å². The topological polar surface area (TPSA) is 58.2 Å². The second-order valence-electron chi connectivity index (χ2n) is 6.77. The van der Waals surface area contributed by atoms with Crippen molar-refractivity contribution >= 4 is 23.2 Å². The summed E-state index contributed by atoms with van der Waals surface area (Å²) in [5.74, 6) is -1.13. The Labute approximate surface area is 146 Å². The van der Waals surface area contributed by atoms with Gasteiger partial charge in [0.2, 0.25) is 11.8 Å². The van der Waals surface area contributed by atoms with Gasteiger partial charge in [0.05, 0.1) is 0 Å². The first-order chi connectivity index (χ1) is 11.8. The quantitative estimate of drug-likeness (QED) is 0.823. The molecule has 1 fully saturated rings. The monoisotopic (exact) mass is 340 g/mol. The lowest BCUT2D eigenvalue weighted by atomic mass is 10.0. The minimum atomic E-state index is -1.07. The average Bonchev–Trinajstić information content (AvgIpc) is 3.32. The number of hydrogen-bond donors (Lipinski definition) is 2. The summed E-state index contributed by atoms with van der Waals surface area (Å²) < 4.78 is 13.3. The van der Waals surface area contributed by atoms with E-state index in [0.717, 1.165) is 22.4 Å². The van der Waals surface area contributed by atoms with Gasteiger partial charge in [0, 0.05) is 11.4 Å². The van der Waals surface area contributed by atoms with Crippen molar-refractivity contribution in [2.45, 2.75) is 33.6 Å². The van der Waals surface area contributed by atoms with Crippen molar-refractivity contribution in [3.8, 4) is 0 Å². The number of halogens is 1. The van der Waals surface area contributed by atoms with Crippen LogP contribution in [0.2, 0.25) is 0 Å². The second-order valence-corrected chi connectivity index (χ2v) is 6.77. The van der Waals surface area contributed by atoms with Crippen LogP contribution < -0.4 is 10.6 Å². The number of carbonyl (C=O) groups is 2. The van der Waals surface area contributed by atoms with E-state index < -0.39 is 17.1 Å². The van der Waals surface area contributed by atoms with E-state index in [2.05, 4.69) is 10.6 Å². The highest BCUT2D eigenvalue weighted by atomic mass is 19.1. The summed E-state index contributed by atoms with van der Waals surface area (Å²) >= 11 is 0. The second kappa shape index (κ2) is 6.31. The summed E-state index contributed by atoms with van der Waals surface area (Å²) in [5, 5.41) is 5.56. The van der Waals surface area contributed by atoms with Gasteiger partial charge in [0.15, 0.2) is 0 Å². The van der Waals surface area contributed by atoms with Crippen molar-refractivity contribution in [1.29, 1.82) is 0 Å². The fourth-order valence-corrected chi connectivity index (χ4v) is 3.11. The van der Waals surface area contributed by atoms with Gasteiger partial charge in [-0.15, -0.1) is 0 Å². The Balaban J connectivity index is 1.76.